The molecule has 1 aliphatic heterocycles. The fraction of sp³-hybridized carbons (Fsp3) is 0.939. The average Bonchev–Trinajstić information content (AvgIpc) is 2.92. The molecule has 2 atom stereocenters. The average molecular weight is 543 g/mol. The lowest BCUT2D eigenvalue weighted by Gasteiger charge is -2.39. The highest BCUT2D eigenvalue weighted by Crippen LogP contribution is 2.45. The summed E-state index contributed by atoms with van der Waals surface area (Å²) in [5.41, 5.74) is 0. The summed E-state index contributed by atoms with van der Waals surface area (Å²) in [5.74, 6) is 3.28. The normalized spacial score (nSPS) is 37.8. The summed E-state index contributed by atoms with van der Waals surface area (Å²) in [7, 11) is 0. The molecular formula is C33H54F4O. The van der Waals surface area contributed by atoms with Crippen LogP contribution in [0.3, 0.4) is 0 Å². The lowest BCUT2D eigenvalue weighted by molar-refractivity contribution is -0.0821. The number of allylic oxidation sites excluding steroid dienone is 2. The Hall–Kier alpha value is -0.580. The lowest BCUT2D eigenvalue weighted by atomic mass is 9.68. The van der Waals surface area contributed by atoms with Gasteiger partial charge in [0.15, 0.2) is 0 Å². The monoisotopic (exact) mass is 542 g/mol. The molecule has 220 valence electrons. The van der Waals surface area contributed by atoms with Crippen molar-refractivity contribution in [3.05, 3.63) is 11.9 Å². The summed E-state index contributed by atoms with van der Waals surface area (Å²) in [6.07, 6.45) is 20.2. The minimum absolute atomic E-state index is 0.125. The van der Waals surface area contributed by atoms with Crippen molar-refractivity contribution >= 4 is 0 Å². The first-order valence-corrected chi connectivity index (χ1v) is 16.4. The molecule has 38 heavy (non-hydrogen) atoms. The summed E-state index contributed by atoms with van der Waals surface area (Å²) in [6.45, 7) is 3.29. The van der Waals surface area contributed by atoms with Gasteiger partial charge in [-0.1, -0.05) is 58.3 Å². The first-order valence-electron chi connectivity index (χ1n) is 16.4. The molecule has 1 nitrogen and oxygen atoms in total. The standard InChI is InChI=1S/C33H54F4O/c1-2-3-4-5-24-6-13-28(14-7-24)30-19-21-31(38-23-30)20-10-25-8-11-26(12-9-25)27-15-17-29(18-16-27)32(34)22-33(35,36)37/h22,24-31H,2-21,23H2,1H3/b32-22-. The molecule has 0 aromatic heterocycles. The maximum atomic E-state index is 14.0. The molecule has 2 unspecified atom stereocenters. The molecule has 0 radical (unpaired) electrons. The molecule has 0 bridgehead atoms. The second-order valence-corrected chi connectivity index (χ2v) is 13.6. The highest BCUT2D eigenvalue weighted by atomic mass is 19.4. The van der Waals surface area contributed by atoms with Gasteiger partial charge in [-0.15, -0.1) is 0 Å². The smallest absolute Gasteiger partial charge is 0.378 e. The molecule has 1 heterocycles. The Kier molecular flexibility index (Phi) is 11.9. The Morgan fingerprint density at radius 2 is 1.18 bits per heavy atom. The van der Waals surface area contributed by atoms with Gasteiger partial charge in [-0.25, -0.2) is 4.39 Å². The maximum Gasteiger partial charge on any atom is 0.412 e. The van der Waals surface area contributed by atoms with Gasteiger partial charge in [-0.05, 0) is 113 Å². The topological polar surface area (TPSA) is 9.23 Å². The minimum Gasteiger partial charge on any atom is -0.378 e. The van der Waals surface area contributed by atoms with Gasteiger partial charge < -0.3 is 4.74 Å². The van der Waals surface area contributed by atoms with Crippen molar-refractivity contribution in [2.45, 2.75) is 148 Å². The molecule has 1 saturated heterocycles. The first-order chi connectivity index (χ1) is 18.3. The predicted molar refractivity (Wildman–Crippen MR) is 147 cm³/mol. The van der Waals surface area contributed by atoms with Gasteiger partial charge in [-0.2, -0.15) is 13.2 Å². The molecule has 3 saturated carbocycles. The quantitative estimate of drug-likeness (QED) is 0.197. The summed E-state index contributed by atoms with van der Waals surface area (Å²) in [4.78, 5) is 0. The van der Waals surface area contributed by atoms with E-state index in [1.807, 2.05) is 0 Å². The van der Waals surface area contributed by atoms with Gasteiger partial charge in [0, 0.05) is 5.92 Å². The van der Waals surface area contributed by atoms with Crippen molar-refractivity contribution in [2.24, 2.45) is 41.4 Å². The second-order valence-electron chi connectivity index (χ2n) is 13.6. The van der Waals surface area contributed by atoms with Crippen LogP contribution in [0.4, 0.5) is 17.6 Å². The zero-order chi connectivity index (χ0) is 27.0. The molecule has 4 rings (SSSR count). The van der Waals surface area contributed by atoms with Crippen LogP contribution in [0.25, 0.3) is 0 Å². The third-order valence-electron chi connectivity index (χ3n) is 11.1. The van der Waals surface area contributed by atoms with Crippen LogP contribution in [0.2, 0.25) is 0 Å². The second kappa shape index (κ2) is 14.9. The molecule has 3 aliphatic carbocycles. The van der Waals surface area contributed by atoms with E-state index >= 15 is 0 Å². The van der Waals surface area contributed by atoms with E-state index in [4.69, 9.17) is 4.74 Å². The van der Waals surface area contributed by atoms with Crippen LogP contribution in [0.5, 0.6) is 0 Å². The Morgan fingerprint density at radius 3 is 1.71 bits per heavy atom. The van der Waals surface area contributed by atoms with Crippen LogP contribution >= 0.6 is 0 Å². The molecule has 4 aliphatic rings. The van der Waals surface area contributed by atoms with Crippen molar-refractivity contribution in [3.63, 3.8) is 0 Å². The largest absolute Gasteiger partial charge is 0.412 e. The zero-order valence-electron chi connectivity index (χ0n) is 24.0. The molecule has 0 N–H and O–H groups in total. The number of hydrogen-bond acceptors (Lipinski definition) is 1. The Labute approximate surface area is 229 Å². The third kappa shape index (κ3) is 9.51. The van der Waals surface area contributed by atoms with E-state index in [-0.39, 0.29) is 6.08 Å². The molecule has 0 aromatic carbocycles. The maximum absolute atomic E-state index is 14.0. The van der Waals surface area contributed by atoms with Crippen molar-refractivity contribution < 1.29 is 22.3 Å². The van der Waals surface area contributed by atoms with E-state index < -0.39 is 17.9 Å². The number of alkyl halides is 3. The van der Waals surface area contributed by atoms with Crippen LogP contribution in [-0.4, -0.2) is 18.9 Å². The van der Waals surface area contributed by atoms with E-state index in [9.17, 15) is 17.6 Å². The molecular weight excluding hydrogens is 488 g/mol. The molecule has 0 aromatic rings. The number of ether oxygens (including phenoxy) is 1. The minimum atomic E-state index is -4.55. The molecule has 0 spiro atoms. The van der Waals surface area contributed by atoms with Crippen molar-refractivity contribution in [1.82, 2.24) is 0 Å². The van der Waals surface area contributed by atoms with Crippen LogP contribution in [0.1, 0.15) is 135 Å². The summed E-state index contributed by atoms with van der Waals surface area (Å²) in [6, 6.07) is 0. The van der Waals surface area contributed by atoms with Gasteiger partial charge in [0.2, 0.25) is 0 Å². The van der Waals surface area contributed by atoms with Gasteiger partial charge in [0.25, 0.3) is 0 Å². The van der Waals surface area contributed by atoms with E-state index in [1.165, 1.54) is 103 Å². The van der Waals surface area contributed by atoms with Crippen molar-refractivity contribution in [2.75, 3.05) is 6.61 Å². The van der Waals surface area contributed by atoms with Crippen LogP contribution in [0.15, 0.2) is 11.9 Å². The number of halogens is 4. The summed E-state index contributed by atoms with van der Waals surface area (Å²) >= 11 is 0. The number of rotatable bonds is 10. The highest BCUT2D eigenvalue weighted by molar-refractivity contribution is 5.03. The van der Waals surface area contributed by atoms with Crippen molar-refractivity contribution in [3.8, 4) is 0 Å². The highest BCUT2D eigenvalue weighted by Gasteiger charge is 2.35. The van der Waals surface area contributed by atoms with Gasteiger partial charge in [0.05, 0.1) is 18.8 Å². The van der Waals surface area contributed by atoms with Crippen LogP contribution in [0, 0.1) is 41.4 Å². The SMILES string of the molecule is CCCCCC1CCC(C2CCC(CCC3CCC(C4CCC(/C(F)=C/C(F)(F)F)CC4)CC3)OC2)CC1. The summed E-state index contributed by atoms with van der Waals surface area (Å²) < 4.78 is 57.8. The zero-order valence-corrected chi connectivity index (χ0v) is 24.0. The molecule has 5 heteroatoms. The van der Waals surface area contributed by atoms with E-state index in [1.54, 1.807) is 0 Å². The fourth-order valence-corrected chi connectivity index (χ4v) is 8.57. The van der Waals surface area contributed by atoms with Crippen LogP contribution < -0.4 is 0 Å². The van der Waals surface area contributed by atoms with Crippen molar-refractivity contribution in [1.29, 1.82) is 0 Å². The number of hydrogen-bond donors (Lipinski definition) is 0. The van der Waals surface area contributed by atoms with Gasteiger partial charge in [0.1, 0.15) is 5.83 Å². The Bertz CT molecular complexity index is 686. The first kappa shape index (κ1) is 30.4. The van der Waals surface area contributed by atoms with E-state index in [2.05, 4.69) is 6.92 Å². The van der Waals surface area contributed by atoms with Gasteiger partial charge >= 0.3 is 6.18 Å². The third-order valence-corrected chi connectivity index (χ3v) is 11.1. The van der Waals surface area contributed by atoms with Gasteiger partial charge in [-0.3, -0.25) is 0 Å². The molecule has 4 fully saturated rings. The van der Waals surface area contributed by atoms with Crippen LogP contribution in [-0.2, 0) is 4.74 Å². The Morgan fingerprint density at radius 1 is 0.658 bits per heavy atom. The van der Waals surface area contributed by atoms with E-state index in [0.717, 1.165) is 43.1 Å². The Balaban J connectivity index is 1.06. The predicted octanol–water partition coefficient (Wildman–Crippen LogP) is 11.0. The number of unbranched alkanes of at least 4 members (excludes halogenated alkanes) is 2. The fourth-order valence-electron chi connectivity index (χ4n) is 8.57. The molecule has 0 amide bonds. The summed E-state index contributed by atoms with van der Waals surface area (Å²) in [5, 5.41) is 0. The lowest BCUT2D eigenvalue weighted by Crippen LogP contribution is -2.33. The van der Waals surface area contributed by atoms with E-state index in [0.29, 0.717) is 30.8 Å².